The molecule has 0 saturated carbocycles. The molecule has 5 nitrogen and oxygen atoms in total. The summed E-state index contributed by atoms with van der Waals surface area (Å²) in [6.07, 6.45) is 1.42. The fourth-order valence-electron chi connectivity index (χ4n) is 2.13. The van der Waals surface area contributed by atoms with Gasteiger partial charge in [0.15, 0.2) is 0 Å². The van der Waals surface area contributed by atoms with Gasteiger partial charge in [0.1, 0.15) is 4.90 Å². The van der Waals surface area contributed by atoms with Gasteiger partial charge in [-0.15, -0.1) is 0 Å². The number of rotatable bonds is 3. The summed E-state index contributed by atoms with van der Waals surface area (Å²) < 4.78 is 33.4. The van der Waals surface area contributed by atoms with Crippen LogP contribution in [-0.4, -0.2) is 27.2 Å². The lowest BCUT2D eigenvalue weighted by molar-refractivity contribution is 0.0173. The summed E-state index contributed by atoms with van der Waals surface area (Å²) in [7, 11) is -3.60. The molecule has 0 aromatic heterocycles. The lowest BCUT2D eigenvalue weighted by Gasteiger charge is -2.27. The molecular formula is C12H17BrN2O3S. The predicted octanol–water partition coefficient (Wildman–Crippen LogP) is 1.88. The molecule has 19 heavy (non-hydrogen) atoms. The molecule has 0 radical (unpaired) electrons. The van der Waals surface area contributed by atoms with E-state index in [-0.39, 0.29) is 22.7 Å². The van der Waals surface area contributed by atoms with Crippen molar-refractivity contribution in [2.75, 3.05) is 12.3 Å². The number of halogens is 1. The third-order valence-electron chi connectivity index (χ3n) is 3.07. The van der Waals surface area contributed by atoms with Gasteiger partial charge in [-0.2, -0.15) is 0 Å². The van der Waals surface area contributed by atoms with Crippen LogP contribution in [0.15, 0.2) is 27.6 Å². The molecule has 3 N–H and O–H groups in total. The van der Waals surface area contributed by atoms with E-state index < -0.39 is 10.0 Å². The topological polar surface area (TPSA) is 81.4 Å². The van der Waals surface area contributed by atoms with Crippen LogP contribution in [0.3, 0.4) is 0 Å². The summed E-state index contributed by atoms with van der Waals surface area (Å²) >= 11 is 3.26. The van der Waals surface area contributed by atoms with E-state index in [4.69, 9.17) is 10.5 Å². The maximum Gasteiger partial charge on any atom is 0.242 e. The number of sulfonamides is 1. The highest BCUT2D eigenvalue weighted by Crippen LogP contribution is 2.24. The zero-order chi connectivity index (χ0) is 14.0. The Morgan fingerprint density at radius 1 is 1.47 bits per heavy atom. The molecule has 2 unspecified atom stereocenters. The van der Waals surface area contributed by atoms with E-state index in [0.717, 1.165) is 0 Å². The van der Waals surface area contributed by atoms with Gasteiger partial charge in [-0.1, -0.05) is 15.9 Å². The highest BCUT2D eigenvalue weighted by atomic mass is 79.9. The van der Waals surface area contributed by atoms with Gasteiger partial charge < -0.3 is 10.5 Å². The molecule has 1 saturated heterocycles. The summed E-state index contributed by atoms with van der Waals surface area (Å²) in [5.41, 5.74) is 5.99. The Morgan fingerprint density at radius 3 is 2.89 bits per heavy atom. The van der Waals surface area contributed by atoms with Gasteiger partial charge in [-0.3, -0.25) is 0 Å². The first-order chi connectivity index (χ1) is 8.88. The summed E-state index contributed by atoms with van der Waals surface area (Å²) in [5, 5.41) is 0. The van der Waals surface area contributed by atoms with Crippen LogP contribution in [0.1, 0.15) is 19.8 Å². The second-order valence-corrected chi connectivity index (χ2v) is 7.30. The summed E-state index contributed by atoms with van der Waals surface area (Å²) in [4.78, 5) is 0.112. The van der Waals surface area contributed by atoms with Crippen molar-refractivity contribution in [3.8, 4) is 0 Å². The van der Waals surface area contributed by atoms with Crippen LogP contribution in [0.2, 0.25) is 0 Å². The lowest BCUT2D eigenvalue weighted by Crippen LogP contribution is -2.41. The van der Waals surface area contributed by atoms with Gasteiger partial charge in [0.2, 0.25) is 10.0 Å². The largest absolute Gasteiger partial charge is 0.398 e. The van der Waals surface area contributed by atoms with Crippen LogP contribution in [0, 0.1) is 0 Å². The van der Waals surface area contributed by atoms with Crippen molar-refractivity contribution in [2.45, 2.75) is 36.8 Å². The molecule has 7 heteroatoms. The molecule has 1 aromatic rings. The smallest absolute Gasteiger partial charge is 0.242 e. The van der Waals surface area contributed by atoms with E-state index in [0.29, 0.717) is 23.9 Å². The molecule has 1 aliphatic rings. The number of ether oxygens (including phenoxy) is 1. The Kier molecular flexibility index (Phi) is 4.50. The molecule has 2 rings (SSSR count). The molecular weight excluding hydrogens is 332 g/mol. The Morgan fingerprint density at radius 2 is 2.21 bits per heavy atom. The average molecular weight is 349 g/mol. The number of nitrogen functional groups attached to an aromatic ring is 1. The Balaban J connectivity index is 2.20. The molecule has 1 aromatic carbocycles. The molecule has 2 atom stereocenters. The van der Waals surface area contributed by atoms with Crippen LogP contribution >= 0.6 is 15.9 Å². The van der Waals surface area contributed by atoms with Crippen molar-refractivity contribution in [3.05, 3.63) is 22.7 Å². The maximum absolute atomic E-state index is 12.3. The van der Waals surface area contributed by atoms with E-state index in [9.17, 15) is 8.42 Å². The Labute approximate surface area is 121 Å². The van der Waals surface area contributed by atoms with Gasteiger partial charge in [0, 0.05) is 17.1 Å². The van der Waals surface area contributed by atoms with Crippen molar-refractivity contribution in [1.29, 1.82) is 0 Å². The van der Waals surface area contributed by atoms with Crippen LogP contribution in [0.25, 0.3) is 0 Å². The van der Waals surface area contributed by atoms with Crippen LogP contribution in [-0.2, 0) is 14.8 Å². The van der Waals surface area contributed by atoms with E-state index in [1.165, 1.54) is 6.07 Å². The molecule has 0 amide bonds. The first-order valence-electron chi connectivity index (χ1n) is 6.07. The zero-order valence-corrected chi connectivity index (χ0v) is 13.0. The van der Waals surface area contributed by atoms with E-state index in [2.05, 4.69) is 20.7 Å². The van der Waals surface area contributed by atoms with Gasteiger partial charge in [-0.05, 0) is 38.0 Å². The molecule has 1 fully saturated rings. The first-order valence-corrected chi connectivity index (χ1v) is 8.35. The van der Waals surface area contributed by atoms with Crippen LogP contribution in [0.5, 0.6) is 0 Å². The first kappa shape index (κ1) is 14.8. The van der Waals surface area contributed by atoms with Crippen molar-refractivity contribution >= 4 is 31.6 Å². The van der Waals surface area contributed by atoms with Gasteiger partial charge in [0.05, 0.1) is 11.8 Å². The summed E-state index contributed by atoms with van der Waals surface area (Å²) in [6.45, 7) is 2.51. The standard InChI is InChI=1S/C12H17BrN2O3S/c1-8-6-10(4-5-18-8)15-19(16,17)12-7-9(13)2-3-11(12)14/h2-3,7-8,10,15H,4-6,14H2,1H3. The minimum atomic E-state index is -3.60. The molecule has 0 spiro atoms. The fraction of sp³-hybridized carbons (Fsp3) is 0.500. The maximum atomic E-state index is 12.3. The van der Waals surface area contributed by atoms with Crippen LogP contribution in [0.4, 0.5) is 5.69 Å². The average Bonchev–Trinajstić information content (AvgIpc) is 2.31. The molecule has 0 bridgehead atoms. The lowest BCUT2D eigenvalue weighted by atomic mass is 10.1. The third-order valence-corrected chi connectivity index (χ3v) is 5.14. The molecule has 0 aliphatic carbocycles. The second-order valence-electron chi connectivity index (χ2n) is 4.71. The highest BCUT2D eigenvalue weighted by molar-refractivity contribution is 9.10. The fourth-order valence-corrected chi connectivity index (χ4v) is 4.08. The SMILES string of the molecule is CC1CC(NS(=O)(=O)c2cc(Br)ccc2N)CCO1. The Hall–Kier alpha value is -0.630. The number of nitrogens with two attached hydrogens (primary N) is 1. The van der Waals surface area contributed by atoms with E-state index in [1.807, 2.05) is 6.92 Å². The number of nitrogens with one attached hydrogen (secondary N) is 1. The number of hydrogen-bond acceptors (Lipinski definition) is 4. The molecule has 1 heterocycles. The number of anilines is 1. The normalized spacial score (nSPS) is 24.3. The number of benzene rings is 1. The monoisotopic (exact) mass is 348 g/mol. The Bertz CT molecular complexity index is 562. The van der Waals surface area contributed by atoms with E-state index in [1.54, 1.807) is 12.1 Å². The summed E-state index contributed by atoms with van der Waals surface area (Å²) in [5.74, 6) is 0. The van der Waals surface area contributed by atoms with Gasteiger partial charge in [0.25, 0.3) is 0 Å². The highest BCUT2D eigenvalue weighted by Gasteiger charge is 2.26. The van der Waals surface area contributed by atoms with Gasteiger partial charge >= 0.3 is 0 Å². The third kappa shape index (κ3) is 3.68. The summed E-state index contributed by atoms with van der Waals surface area (Å²) in [6, 6.07) is 4.70. The van der Waals surface area contributed by atoms with Crippen molar-refractivity contribution in [2.24, 2.45) is 0 Å². The van der Waals surface area contributed by atoms with Crippen molar-refractivity contribution in [1.82, 2.24) is 4.72 Å². The minimum absolute atomic E-state index is 0.0707. The minimum Gasteiger partial charge on any atom is -0.398 e. The zero-order valence-electron chi connectivity index (χ0n) is 10.6. The van der Waals surface area contributed by atoms with Crippen molar-refractivity contribution in [3.63, 3.8) is 0 Å². The molecule has 106 valence electrons. The number of hydrogen-bond donors (Lipinski definition) is 2. The quantitative estimate of drug-likeness (QED) is 0.817. The predicted molar refractivity (Wildman–Crippen MR) is 77.3 cm³/mol. The van der Waals surface area contributed by atoms with E-state index >= 15 is 0 Å². The van der Waals surface area contributed by atoms with Gasteiger partial charge in [-0.25, -0.2) is 13.1 Å². The van der Waals surface area contributed by atoms with Crippen molar-refractivity contribution < 1.29 is 13.2 Å². The van der Waals surface area contributed by atoms with Crippen LogP contribution < -0.4 is 10.5 Å². The second kappa shape index (κ2) is 5.78. The molecule has 1 aliphatic heterocycles.